The van der Waals surface area contributed by atoms with E-state index in [9.17, 15) is 4.79 Å². The van der Waals surface area contributed by atoms with Crippen molar-refractivity contribution < 1.29 is 9.53 Å². The molecule has 0 aliphatic heterocycles. The van der Waals surface area contributed by atoms with Crippen molar-refractivity contribution in [3.63, 3.8) is 0 Å². The van der Waals surface area contributed by atoms with Gasteiger partial charge in [0.05, 0.1) is 25.0 Å². The Morgan fingerprint density at radius 3 is 2.76 bits per heavy atom. The third-order valence-corrected chi connectivity index (χ3v) is 3.34. The van der Waals surface area contributed by atoms with Gasteiger partial charge >= 0.3 is 5.97 Å². The van der Waals surface area contributed by atoms with Gasteiger partial charge in [-0.15, -0.1) is 0 Å². The lowest BCUT2D eigenvalue weighted by Gasteiger charge is -2.13. The van der Waals surface area contributed by atoms with Crippen molar-refractivity contribution in [3.8, 4) is 0 Å². The lowest BCUT2D eigenvalue weighted by atomic mass is 10.1. The molecular weight excluding hydrogens is 264 g/mol. The molecule has 21 heavy (non-hydrogen) atoms. The van der Waals surface area contributed by atoms with Gasteiger partial charge in [-0.2, -0.15) is 5.10 Å². The largest absolute Gasteiger partial charge is 0.462 e. The van der Waals surface area contributed by atoms with E-state index >= 15 is 0 Å². The van der Waals surface area contributed by atoms with Crippen molar-refractivity contribution in [2.75, 3.05) is 6.61 Å². The smallest absolute Gasteiger partial charge is 0.341 e. The molecule has 4 nitrogen and oxygen atoms in total. The summed E-state index contributed by atoms with van der Waals surface area (Å²) in [7, 11) is 0. The molecule has 0 fully saturated rings. The van der Waals surface area contributed by atoms with Crippen molar-refractivity contribution >= 4 is 5.97 Å². The first-order valence-corrected chi connectivity index (χ1v) is 7.31. The lowest BCUT2D eigenvalue weighted by molar-refractivity contribution is 0.0524. The molecule has 0 spiro atoms. The van der Waals surface area contributed by atoms with E-state index in [2.05, 4.69) is 44.1 Å². The number of hydrogen-bond donors (Lipinski definition) is 0. The molecule has 2 aromatic rings. The first-order valence-electron chi connectivity index (χ1n) is 7.31. The summed E-state index contributed by atoms with van der Waals surface area (Å²) in [4.78, 5) is 12.0. The Morgan fingerprint density at radius 1 is 1.38 bits per heavy atom. The van der Waals surface area contributed by atoms with E-state index in [1.165, 1.54) is 11.1 Å². The van der Waals surface area contributed by atoms with Gasteiger partial charge in [0.1, 0.15) is 5.56 Å². The van der Waals surface area contributed by atoms with Gasteiger partial charge in [-0.1, -0.05) is 43.7 Å². The highest BCUT2D eigenvalue weighted by atomic mass is 16.5. The summed E-state index contributed by atoms with van der Waals surface area (Å²) in [6.45, 7) is 9.04. The SMILES string of the molecule is CCOC(=O)c1cnn(Cc2cccc(C)c2)c1C(C)C. The fraction of sp³-hybridized carbons (Fsp3) is 0.412. The Morgan fingerprint density at radius 2 is 2.14 bits per heavy atom. The van der Waals surface area contributed by atoms with Crippen LogP contribution in [0.15, 0.2) is 30.5 Å². The maximum atomic E-state index is 12.0. The molecule has 0 radical (unpaired) electrons. The second-order valence-corrected chi connectivity index (χ2v) is 5.47. The summed E-state index contributed by atoms with van der Waals surface area (Å²) in [5.74, 6) is -0.0894. The molecule has 1 aromatic heterocycles. The second-order valence-electron chi connectivity index (χ2n) is 5.47. The van der Waals surface area contributed by atoms with E-state index in [4.69, 9.17) is 4.74 Å². The molecule has 0 amide bonds. The Balaban J connectivity index is 2.34. The van der Waals surface area contributed by atoms with Crippen molar-refractivity contribution in [1.82, 2.24) is 9.78 Å². The van der Waals surface area contributed by atoms with Crippen molar-refractivity contribution in [2.45, 2.75) is 40.2 Å². The number of esters is 1. The van der Waals surface area contributed by atoms with Crippen LogP contribution >= 0.6 is 0 Å². The Hall–Kier alpha value is -2.10. The van der Waals surface area contributed by atoms with Gasteiger partial charge in [-0.3, -0.25) is 4.68 Å². The minimum Gasteiger partial charge on any atom is -0.462 e. The third kappa shape index (κ3) is 3.51. The highest BCUT2D eigenvalue weighted by Gasteiger charge is 2.20. The minimum absolute atomic E-state index is 0.205. The molecule has 0 saturated heterocycles. The standard InChI is InChI=1S/C17H22N2O2/c1-5-21-17(20)15-10-18-19(16(15)12(2)3)11-14-8-6-7-13(4)9-14/h6-10,12H,5,11H2,1-4H3. The van der Waals surface area contributed by atoms with E-state index in [1.807, 2.05) is 17.7 Å². The summed E-state index contributed by atoms with van der Waals surface area (Å²) >= 11 is 0. The summed E-state index contributed by atoms with van der Waals surface area (Å²) in [6.07, 6.45) is 1.61. The summed E-state index contributed by atoms with van der Waals surface area (Å²) in [5, 5.41) is 4.38. The number of aromatic nitrogens is 2. The molecule has 0 N–H and O–H groups in total. The van der Waals surface area contributed by atoms with Crippen LogP contribution in [-0.2, 0) is 11.3 Å². The average Bonchev–Trinajstić information content (AvgIpc) is 2.83. The topological polar surface area (TPSA) is 44.1 Å². The first-order chi connectivity index (χ1) is 10.0. The van der Waals surface area contributed by atoms with Gasteiger partial charge < -0.3 is 4.74 Å². The number of nitrogens with zero attached hydrogens (tertiary/aromatic N) is 2. The van der Waals surface area contributed by atoms with Crippen LogP contribution in [0.5, 0.6) is 0 Å². The van der Waals surface area contributed by atoms with E-state index in [-0.39, 0.29) is 11.9 Å². The molecule has 0 aliphatic rings. The Bertz CT molecular complexity index is 629. The molecule has 0 unspecified atom stereocenters. The van der Waals surface area contributed by atoms with Gasteiger partial charge in [0.25, 0.3) is 0 Å². The van der Waals surface area contributed by atoms with Gasteiger partial charge in [0, 0.05) is 0 Å². The molecule has 0 atom stereocenters. The van der Waals surface area contributed by atoms with E-state index in [0.717, 1.165) is 5.69 Å². The molecule has 0 saturated carbocycles. The zero-order chi connectivity index (χ0) is 15.4. The average molecular weight is 286 g/mol. The monoisotopic (exact) mass is 286 g/mol. The summed E-state index contributed by atoms with van der Waals surface area (Å²) in [6, 6.07) is 8.31. The van der Waals surface area contributed by atoms with Crippen molar-refractivity contribution in [2.24, 2.45) is 0 Å². The summed E-state index contributed by atoms with van der Waals surface area (Å²) < 4.78 is 7.00. The zero-order valence-corrected chi connectivity index (χ0v) is 13.1. The molecule has 112 valence electrons. The maximum absolute atomic E-state index is 12.0. The van der Waals surface area contributed by atoms with E-state index in [1.54, 1.807) is 6.20 Å². The molecule has 0 aliphatic carbocycles. The van der Waals surface area contributed by atoms with Crippen molar-refractivity contribution in [1.29, 1.82) is 0 Å². The van der Waals surface area contributed by atoms with Gasteiger partial charge in [-0.25, -0.2) is 4.79 Å². The fourth-order valence-electron chi connectivity index (χ4n) is 2.48. The number of rotatable bonds is 5. The Labute approximate surface area is 125 Å². The zero-order valence-electron chi connectivity index (χ0n) is 13.1. The van der Waals surface area contributed by atoms with Crippen LogP contribution in [-0.4, -0.2) is 22.4 Å². The van der Waals surface area contributed by atoms with Crippen LogP contribution in [0.3, 0.4) is 0 Å². The number of aryl methyl sites for hydroxylation is 1. The van der Waals surface area contributed by atoms with Crippen LogP contribution in [0.25, 0.3) is 0 Å². The highest BCUT2D eigenvalue weighted by Crippen LogP contribution is 2.21. The summed E-state index contributed by atoms with van der Waals surface area (Å²) in [5.41, 5.74) is 3.89. The number of hydrogen-bond acceptors (Lipinski definition) is 3. The predicted octanol–water partition coefficient (Wildman–Crippen LogP) is 3.54. The molecule has 4 heteroatoms. The van der Waals surface area contributed by atoms with Crippen LogP contribution in [0.1, 0.15) is 53.9 Å². The van der Waals surface area contributed by atoms with Crippen molar-refractivity contribution in [3.05, 3.63) is 52.8 Å². The van der Waals surface area contributed by atoms with E-state index < -0.39 is 0 Å². The molecule has 1 heterocycles. The normalized spacial score (nSPS) is 10.9. The molecule has 1 aromatic carbocycles. The molecule has 2 rings (SSSR count). The first kappa shape index (κ1) is 15.3. The second kappa shape index (κ2) is 6.57. The highest BCUT2D eigenvalue weighted by molar-refractivity contribution is 5.90. The van der Waals surface area contributed by atoms with Gasteiger partial charge in [0.2, 0.25) is 0 Å². The van der Waals surface area contributed by atoms with Crippen LogP contribution in [0, 0.1) is 6.92 Å². The van der Waals surface area contributed by atoms with Gasteiger partial charge in [0.15, 0.2) is 0 Å². The fourth-order valence-corrected chi connectivity index (χ4v) is 2.48. The maximum Gasteiger partial charge on any atom is 0.341 e. The van der Waals surface area contributed by atoms with E-state index in [0.29, 0.717) is 18.7 Å². The van der Waals surface area contributed by atoms with Crippen LogP contribution in [0.4, 0.5) is 0 Å². The minimum atomic E-state index is -0.295. The number of benzene rings is 1. The Kier molecular flexibility index (Phi) is 4.78. The van der Waals surface area contributed by atoms with Crippen LogP contribution in [0.2, 0.25) is 0 Å². The third-order valence-electron chi connectivity index (χ3n) is 3.34. The molecular formula is C17H22N2O2. The quantitative estimate of drug-likeness (QED) is 0.790. The number of carbonyl (C=O) groups is 1. The number of ether oxygens (including phenoxy) is 1. The number of carbonyl (C=O) groups excluding carboxylic acids is 1. The lowest BCUT2D eigenvalue weighted by Crippen LogP contribution is -2.12. The predicted molar refractivity (Wildman–Crippen MR) is 82.6 cm³/mol. The van der Waals surface area contributed by atoms with Crippen LogP contribution < -0.4 is 0 Å². The molecule has 0 bridgehead atoms. The van der Waals surface area contributed by atoms with Gasteiger partial charge in [-0.05, 0) is 25.3 Å².